The third-order valence-electron chi connectivity index (χ3n) is 8.04. The first-order chi connectivity index (χ1) is 10.8. The molecule has 0 aromatic rings. The number of allylic oxidation sites excluding steroid dienone is 4. The van der Waals surface area contributed by atoms with Crippen molar-refractivity contribution in [3.63, 3.8) is 0 Å². The fourth-order valence-electron chi connectivity index (χ4n) is 6.44. The van der Waals surface area contributed by atoms with E-state index in [2.05, 4.69) is 70.9 Å². The maximum absolute atomic E-state index is 3.80. The SMILES string of the molecule is CC1C2C[C@]23CCC(/C=C/[C@H]2C=C(Br)CC(Br)C2)CC3C1(C)C. The predicted octanol–water partition coefficient (Wildman–Crippen LogP) is 7.09. The van der Waals surface area contributed by atoms with Crippen LogP contribution < -0.4 is 0 Å². The summed E-state index contributed by atoms with van der Waals surface area (Å²) in [7, 11) is 0. The highest BCUT2D eigenvalue weighted by Gasteiger charge is 2.72. The molecular weight excluding hydrogens is 412 g/mol. The van der Waals surface area contributed by atoms with Crippen LogP contribution in [0.25, 0.3) is 0 Å². The van der Waals surface area contributed by atoms with E-state index in [9.17, 15) is 0 Å². The molecule has 0 aromatic heterocycles. The van der Waals surface area contributed by atoms with Crippen molar-refractivity contribution in [1.82, 2.24) is 0 Å². The summed E-state index contributed by atoms with van der Waals surface area (Å²) in [4.78, 5) is 0.632. The first-order valence-corrected chi connectivity index (χ1v) is 11.2. The van der Waals surface area contributed by atoms with Gasteiger partial charge in [-0.3, -0.25) is 0 Å². The molecule has 128 valence electrons. The van der Waals surface area contributed by atoms with Gasteiger partial charge in [0.05, 0.1) is 0 Å². The van der Waals surface area contributed by atoms with Gasteiger partial charge in [0.15, 0.2) is 0 Å². The molecule has 4 rings (SSSR count). The summed E-state index contributed by atoms with van der Waals surface area (Å²) in [5.41, 5.74) is 1.33. The zero-order valence-corrected chi connectivity index (χ0v) is 17.9. The van der Waals surface area contributed by atoms with Crippen LogP contribution >= 0.6 is 31.9 Å². The van der Waals surface area contributed by atoms with Crippen molar-refractivity contribution >= 4 is 31.9 Å². The molecule has 2 heteroatoms. The van der Waals surface area contributed by atoms with E-state index in [0.717, 1.165) is 35.5 Å². The lowest BCUT2D eigenvalue weighted by molar-refractivity contribution is 0.0762. The monoisotopic (exact) mass is 440 g/mol. The van der Waals surface area contributed by atoms with Crippen molar-refractivity contribution in [2.45, 2.75) is 64.1 Å². The molecule has 7 atom stereocenters. The molecule has 3 saturated carbocycles. The Kier molecular flexibility index (Phi) is 4.20. The van der Waals surface area contributed by atoms with Crippen molar-refractivity contribution in [1.29, 1.82) is 0 Å². The molecule has 4 aliphatic carbocycles. The van der Waals surface area contributed by atoms with Crippen LogP contribution in [0.3, 0.4) is 0 Å². The van der Waals surface area contributed by atoms with E-state index in [1.54, 1.807) is 6.42 Å². The van der Waals surface area contributed by atoms with Crippen LogP contribution in [-0.2, 0) is 0 Å². The molecule has 3 fully saturated rings. The molecule has 23 heavy (non-hydrogen) atoms. The van der Waals surface area contributed by atoms with Gasteiger partial charge in [0, 0.05) is 4.83 Å². The molecule has 0 N–H and O–H groups in total. The number of rotatable bonds is 2. The van der Waals surface area contributed by atoms with Gasteiger partial charge in [0.2, 0.25) is 0 Å². The summed E-state index contributed by atoms with van der Waals surface area (Å²) >= 11 is 7.50. The zero-order chi connectivity index (χ0) is 16.4. The van der Waals surface area contributed by atoms with Crippen LogP contribution in [0, 0.1) is 40.4 Å². The number of halogens is 2. The zero-order valence-electron chi connectivity index (χ0n) is 14.7. The smallest absolute Gasteiger partial charge is 0.0199 e. The molecule has 0 aromatic carbocycles. The van der Waals surface area contributed by atoms with Crippen molar-refractivity contribution in [2.75, 3.05) is 0 Å². The minimum atomic E-state index is 0.560. The van der Waals surface area contributed by atoms with Gasteiger partial charge in [0.1, 0.15) is 0 Å². The van der Waals surface area contributed by atoms with Gasteiger partial charge in [-0.25, -0.2) is 0 Å². The van der Waals surface area contributed by atoms with Crippen molar-refractivity contribution in [3.8, 4) is 0 Å². The summed E-state index contributed by atoms with van der Waals surface area (Å²) < 4.78 is 1.37. The lowest BCUT2D eigenvalue weighted by Gasteiger charge is -2.42. The molecule has 0 saturated heterocycles. The molecule has 0 nitrogen and oxygen atoms in total. The summed E-state index contributed by atoms with van der Waals surface area (Å²) in [5, 5.41) is 0. The number of hydrogen-bond acceptors (Lipinski definition) is 0. The lowest BCUT2D eigenvalue weighted by Crippen LogP contribution is -2.34. The molecule has 0 heterocycles. The summed E-state index contributed by atoms with van der Waals surface area (Å²) in [6.45, 7) is 7.64. The van der Waals surface area contributed by atoms with E-state index in [-0.39, 0.29) is 0 Å². The van der Waals surface area contributed by atoms with E-state index in [0.29, 0.717) is 16.2 Å². The van der Waals surface area contributed by atoms with Crippen LogP contribution in [-0.4, -0.2) is 4.83 Å². The van der Waals surface area contributed by atoms with Crippen molar-refractivity contribution in [3.05, 3.63) is 22.7 Å². The fourth-order valence-corrected chi connectivity index (χ4v) is 8.39. The lowest BCUT2D eigenvalue weighted by atomic mass is 9.62. The third kappa shape index (κ3) is 2.75. The fraction of sp³-hybridized carbons (Fsp3) is 0.810. The minimum Gasteiger partial charge on any atom is -0.0887 e. The van der Waals surface area contributed by atoms with Crippen molar-refractivity contribution < 1.29 is 0 Å². The van der Waals surface area contributed by atoms with Crippen LogP contribution in [0.4, 0.5) is 0 Å². The molecular formula is C21H30Br2. The molecule has 1 spiro atoms. The Hall–Kier alpha value is 0.440. The van der Waals surface area contributed by atoms with Crippen molar-refractivity contribution in [2.24, 2.45) is 40.4 Å². The highest BCUT2D eigenvalue weighted by atomic mass is 79.9. The van der Waals surface area contributed by atoms with E-state index >= 15 is 0 Å². The maximum Gasteiger partial charge on any atom is 0.0199 e. The quantitative estimate of drug-likeness (QED) is 0.316. The molecule has 4 aliphatic rings. The van der Waals surface area contributed by atoms with Crippen LogP contribution in [0.1, 0.15) is 59.3 Å². The normalized spacial score (nSPS) is 51.3. The maximum atomic E-state index is 3.80. The highest BCUT2D eigenvalue weighted by molar-refractivity contribution is 9.12. The number of hydrogen-bond donors (Lipinski definition) is 0. The Morgan fingerprint density at radius 2 is 2.00 bits per heavy atom. The predicted molar refractivity (Wildman–Crippen MR) is 106 cm³/mol. The highest BCUT2D eigenvalue weighted by Crippen LogP contribution is 2.79. The second-order valence-electron chi connectivity index (χ2n) is 9.44. The van der Waals surface area contributed by atoms with E-state index in [4.69, 9.17) is 0 Å². The topological polar surface area (TPSA) is 0 Å². The largest absolute Gasteiger partial charge is 0.0887 e. The van der Waals surface area contributed by atoms with Gasteiger partial charge in [-0.05, 0) is 83.4 Å². The minimum absolute atomic E-state index is 0.560. The molecule has 0 radical (unpaired) electrons. The molecule has 5 unspecified atom stereocenters. The number of alkyl halides is 1. The molecule has 0 aliphatic heterocycles. The first kappa shape index (κ1) is 16.9. The summed E-state index contributed by atoms with van der Waals surface area (Å²) in [5.74, 6) is 4.39. The second-order valence-corrected chi connectivity index (χ2v) is 11.8. The van der Waals surface area contributed by atoms with Gasteiger partial charge in [0.25, 0.3) is 0 Å². The standard InChI is InChI=1S/C21H30Br2/c1-13-18-12-21(18)7-6-14(10-19(21)20(13,2)3)4-5-15-8-16(22)11-17(23)9-15/h4-5,8,13-15,17-19H,6-7,9-12H2,1-3H3/b5-4+/t13?,14?,15-,17?,18?,19?,21+/m0/s1. The average molecular weight is 442 g/mol. The van der Waals surface area contributed by atoms with Gasteiger partial charge >= 0.3 is 0 Å². The van der Waals surface area contributed by atoms with E-state index in [1.165, 1.54) is 30.2 Å². The Balaban J connectivity index is 1.44. The summed E-state index contributed by atoms with van der Waals surface area (Å²) in [6, 6.07) is 0. The Morgan fingerprint density at radius 1 is 1.22 bits per heavy atom. The Labute approximate surface area is 158 Å². The second kappa shape index (κ2) is 5.73. The first-order valence-electron chi connectivity index (χ1n) is 9.51. The van der Waals surface area contributed by atoms with Crippen LogP contribution in [0.15, 0.2) is 22.7 Å². The van der Waals surface area contributed by atoms with Gasteiger partial charge in [-0.15, -0.1) is 0 Å². The molecule has 0 amide bonds. The van der Waals surface area contributed by atoms with Gasteiger partial charge in [-0.1, -0.05) is 70.9 Å². The van der Waals surface area contributed by atoms with Crippen LogP contribution in [0.5, 0.6) is 0 Å². The van der Waals surface area contributed by atoms with E-state index < -0.39 is 0 Å². The average Bonchev–Trinajstić information content (AvgIpc) is 3.14. The molecule has 0 bridgehead atoms. The summed E-state index contributed by atoms with van der Waals surface area (Å²) in [6.07, 6.45) is 15.8. The van der Waals surface area contributed by atoms with Gasteiger partial charge in [-0.2, -0.15) is 0 Å². The van der Waals surface area contributed by atoms with E-state index in [1.807, 2.05) is 0 Å². The third-order valence-corrected chi connectivity index (χ3v) is 9.32. The van der Waals surface area contributed by atoms with Crippen LogP contribution in [0.2, 0.25) is 0 Å². The Morgan fingerprint density at radius 3 is 2.74 bits per heavy atom. The Bertz CT molecular complexity index is 546. The van der Waals surface area contributed by atoms with Gasteiger partial charge < -0.3 is 0 Å².